The highest BCUT2D eigenvalue weighted by molar-refractivity contribution is 6.31. The average Bonchev–Trinajstić information content (AvgIpc) is 3.44. The van der Waals surface area contributed by atoms with Gasteiger partial charge in [0.1, 0.15) is 11.9 Å². The van der Waals surface area contributed by atoms with Gasteiger partial charge >= 0.3 is 0 Å². The molecule has 0 unspecified atom stereocenters. The number of anilines is 1. The zero-order valence-electron chi connectivity index (χ0n) is 26.0. The molecule has 0 spiro atoms. The van der Waals surface area contributed by atoms with Gasteiger partial charge in [-0.15, -0.1) is 0 Å². The fourth-order valence-corrected chi connectivity index (χ4v) is 7.23. The van der Waals surface area contributed by atoms with E-state index in [1.807, 2.05) is 18.2 Å². The van der Waals surface area contributed by atoms with Gasteiger partial charge in [-0.1, -0.05) is 111 Å². The predicted molar refractivity (Wildman–Crippen MR) is 183 cm³/mol. The second-order valence-corrected chi connectivity index (χ2v) is 12.5. The van der Waals surface area contributed by atoms with Gasteiger partial charge in [-0.3, -0.25) is 9.30 Å². The van der Waals surface area contributed by atoms with Crippen molar-refractivity contribution in [2.45, 2.75) is 64.8 Å². The minimum Gasteiger partial charge on any atom is -0.355 e. The maximum Gasteiger partial charge on any atom is 0.157 e. The van der Waals surface area contributed by atoms with Gasteiger partial charge in [0.25, 0.3) is 0 Å². The van der Waals surface area contributed by atoms with Crippen molar-refractivity contribution >= 4 is 34.1 Å². The molecule has 1 atom stereocenters. The van der Waals surface area contributed by atoms with Crippen molar-refractivity contribution in [2.75, 3.05) is 31.1 Å². The molecule has 0 N–H and O–H groups in total. The maximum absolute atomic E-state index is 10.3. The van der Waals surface area contributed by atoms with Crippen molar-refractivity contribution in [1.82, 2.24) is 14.3 Å². The lowest BCUT2D eigenvalue weighted by Gasteiger charge is -2.41. The topological polar surface area (TPSA) is 47.6 Å². The van der Waals surface area contributed by atoms with Gasteiger partial charge in [-0.05, 0) is 60.2 Å². The number of unbranched alkanes of at least 4 members (excludes halogenated alkanes) is 5. The number of rotatable bonds is 11. The van der Waals surface area contributed by atoms with E-state index >= 15 is 0 Å². The van der Waals surface area contributed by atoms with Gasteiger partial charge in [0.2, 0.25) is 0 Å². The van der Waals surface area contributed by atoms with E-state index in [1.54, 1.807) is 0 Å². The Hall–Kier alpha value is -3.85. The van der Waals surface area contributed by atoms with E-state index in [1.165, 1.54) is 49.0 Å². The Bertz CT molecular complexity index is 1760. The number of imidazole rings is 1. The molecule has 1 aliphatic heterocycles. The number of aromatic nitrogens is 2. The summed E-state index contributed by atoms with van der Waals surface area (Å²) in [6.07, 6.45) is 8.44. The van der Waals surface area contributed by atoms with Crippen LogP contribution in [0.25, 0.3) is 16.7 Å². The molecule has 6 rings (SSSR count). The third-order valence-corrected chi connectivity index (χ3v) is 9.62. The molecule has 6 heteroatoms. The molecule has 2 aromatic heterocycles. The molecule has 44 heavy (non-hydrogen) atoms. The lowest BCUT2D eigenvalue weighted by atomic mass is 9.95. The highest BCUT2D eigenvalue weighted by atomic mass is 35.5. The number of hydrogen-bond acceptors (Lipinski definition) is 4. The van der Waals surface area contributed by atoms with E-state index in [0.29, 0.717) is 5.56 Å². The number of hydrogen-bond donors (Lipinski definition) is 0. The van der Waals surface area contributed by atoms with E-state index in [4.69, 9.17) is 16.6 Å². The Morgan fingerprint density at radius 2 is 1.52 bits per heavy atom. The van der Waals surface area contributed by atoms with Crippen molar-refractivity contribution in [2.24, 2.45) is 0 Å². The molecule has 0 amide bonds. The van der Waals surface area contributed by atoms with Crippen molar-refractivity contribution < 1.29 is 0 Å². The first-order chi connectivity index (χ1) is 21.6. The molecule has 0 radical (unpaired) electrons. The van der Waals surface area contributed by atoms with Crippen LogP contribution in [-0.4, -0.2) is 40.5 Å². The molecule has 0 aliphatic carbocycles. The summed E-state index contributed by atoms with van der Waals surface area (Å²) in [4.78, 5) is 10.1. The molecule has 0 saturated carbocycles. The molecule has 3 aromatic carbocycles. The number of nitrogens with zero attached hydrogens (tertiary/aromatic N) is 5. The average molecular weight is 604 g/mol. The third kappa shape index (κ3) is 5.94. The standard InChI is InChI=1S/C38H42ClN5/c1-3-4-5-6-7-11-18-30-28(2)32(27-40)37-41-34-21-14-15-22-35(34)44(37)38(30)43-25-23-42(24-26-43)36(29-16-9-8-10-17-29)31-19-12-13-20-33(31)39/h8-10,12-17,19-22,36H,3-7,11,18,23-26H2,1-2H3/t36-/m0/s1. The largest absolute Gasteiger partial charge is 0.355 e. The van der Waals surface area contributed by atoms with Crippen LogP contribution in [0.3, 0.4) is 0 Å². The number of fused-ring (bicyclic) bond motifs is 3. The van der Waals surface area contributed by atoms with Gasteiger partial charge in [-0.2, -0.15) is 5.26 Å². The van der Waals surface area contributed by atoms with Crippen LogP contribution >= 0.6 is 11.6 Å². The van der Waals surface area contributed by atoms with E-state index in [-0.39, 0.29) is 6.04 Å². The van der Waals surface area contributed by atoms with Gasteiger partial charge in [-0.25, -0.2) is 4.98 Å². The molecule has 0 bridgehead atoms. The number of piperazine rings is 1. The summed E-state index contributed by atoms with van der Waals surface area (Å²) >= 11 is 6.80. The molecule has 1 fully saturated rings. The van der Waals surface area contributed by atoms with Crippen LogP contribution in [-0.2, 0) is 6.42 Å². The Kier molecular flexibility index (Phi) is 9.50. The van der Waals surface area contributed by atoms with Crippen LogP contribution in [0.5, 0.6) is 0 Å². The summed E-state index contributed by atoms with van der Waals surface area (Å²) in [7, 11) is 0. The number of para-hydroxylation sites is 2. The SMILES string of the molecule is CCCCCCCCc1c(C)c(C#N)c2nc3ccccc3n2c1N1CCN([C@@H](c2ccccc2)c2ccccc2Cl)CC1. The van der Waals surface area contributed by atoms with Crippen molar-refractivity contribution in [3.05, 3.63) is 112 Å². The summed E-state index contributed by atoms with van der Waals surface area (Å²) in [5.74, 6) is 1.22. The minimum absolute atomic E-state index is 0.0893. The summed E-state index contributed by atoms with van der Waals surface area (Å²) < 4.78 is 2.28. The normalized spacial score (nSPS) is 14.7. The fraction of sp³-hybridized carbons (Fsp3) is 0.368. The lowest BCUT2D eigenvalue weighted by molar-refractivity contribution is 0.212. The van der Waals surface area contributed by atoms with E-state index in [0.717, 1.165) is 71.9 Å². The Morgan fingerprint density at radius 1 is 0.841 bits per heavy atom. The van der Waals surface area contributed by atoms with Gasteiger partial charge < -0.3 is 4.90 Å². The van der Waals surface area contributed by atoms with Gasteiger partial charge in [0, 0.05) is 31.2 Å². The van der Waals surface area contributed by atoms with E-state index in [2.05, 4.69) is 94.8 Å². The number of benzene rings is 3. The first-order valence-corrected chi connectivity index (χ1v) is 16.6. The summed E-state index contributed by atoms with van der Waals surface area (Å²) in [6.45, 7) is 7.95. The molecule has 226 valence electrons. The Morgan fingerprint density at radius 3 is 2.27 bits per heavy atom. The van der Waals surface area contributed by atoms with E-state index < -0.39 is 0 Å². The fourth-order valence-electron chi connectivity index (χ4n) is 6.99. The van der Waals surface area contributed by atoms with Crippen LogP contribution in [0.4, 0.5) is 5.82 Å². The van der Waals surface area contributed by atoms with E-state index in [9.17, 15) is 5.26 Å². The molecule has 5 nitrogen and oxygen atoms in total. The van der Waals surface area contributed by atoms with Crippen molar-refractivity contribution in [3.8, 4) is 6.07 Å². The molecule has 5 aromatic rings. The zero-order valence-corrected chi connectivity index (χ0v) is 26.7. The highest BCUT2D eigenvalue weighted by Crippen LogP contribution is 2.37. The zero-order chi connectivity index (χ0) is 30.5. The van der Waals surface area contributed by atoms with Crippen LogP contribution in [0.2, 0.25) is 5.02 Å². The molecular weight excluding hydrogens is 562 g/mol. The third-order valence-electron chi connectivity index (χ3n) is 9.28. The van der Waals surface area contributed by atoms with Crippen LogP contribution in [0.15, 0.2) is 78.9 Å². The van der Waals surface area contributed by atoms with Crippen LogP contribution < -0.4 is 4.90 Å². The minimum atomic E-state index is 0.0893. The summed E-state index contributed by atoms with van der Waals surface area (Å²) in [5.41, 5.74) is 8.26. The second kappa shape index (κ2) is 13.8. The maximum atomic E-state index is 10.3. The molecule has 1 saturated heterocycles. The quantitative estimate of drug-likeness (QED) is 0.141. The highest BCUT2D eigenvalue weighted by Gasteiger charge is 2.31. The summed E-state index contributed by atoms with van der Waals surface area (Å²) in [6, 6.07) is 29.9. The van der Waals surface area contributed by atoms with Crippen LogP contribution in [0, 0.1) is 18.3 Å². The van der Waals surface area contributed by atoms with Crippen molar-refractivity contribution in [1.29, 1.82) is 5.26 Å². The molecule has 1 aliphatic rings. The molecule has 3 heterocycles. The number of halogens is 1. The lowest BCUT2D eigenvalue weighted by Crippen LogP contribution is -2.48. The monoisotopic (exact) mass is 603 g/mol. The molecular formula is C38H42ClN5. The first-order valence-electron chi connectivity index (χ1n) is 16.2. The van der Waals surface area contributed by atoms with Crippen molar-refractivity contribution in [3.63, 3.8) is 0 Å². The van der Waals surface area contributed by atoms with Gasteiger partial charge in [0.05, 0.1) is 22.6 Å². The first kappa shape index (κ1) is 30.2. The predicted octanol–water partition coefficient (Wildman–Crippen LogP) is 9.14. The Labute approximate surface area is 266 Å². The number of nitriles is 1. The van der Waals surface area contributed by atoms with Gasteiger partial charge in [0.15, 0.2) is 5.65 Å². The Balaban J connectivity index is 1.37. The number of pyridine rings is 1. The smallest absolute Gasteiger partial charge is 0.157 e. The van der Waals surface area contributed by atoms with Crippen LogP contribution in [0.1, 0.15) is 79.3 Å². The summed E-state index contributed by atoms with van der Waals surface area (Å²) in [5, 5.41) is 11.1. The second-order valence-electron chi connectivity index (χ2n) is 12.0.